The first-order valence-electron chi connectivity index (χ1n) is 11.1. The summed E-state index contributed by atoms with van der Waals surface area (Å²) in [7, 11) is 3.00. The number of carbonyl (C=O) groups is 3. The number of carboxylic acid groups (broad SMARTS) is 2. The van der Waals surface area contributed by atoms with Gasteiger partial charge in [0.15, 0.2) is 17.3 Å². The molecule has 0 aliphatic rings. The zero-order valence-corrected chi connectivity index (χ0v) is 20.8. The number of aliphatic carboxylic acids is 2. The number of carboxylic acids is 2. The number of ketones is 1. The van der Waals surface area contributed by atoms with Gasteiger partial charge in [-0.1, -0.05) is 0 Å². The average Bonchev–Trinajstić information content (AvgIpc) is 2.84. The fourth-order valence-corrected chi connectivity index (χ4v) is 3.03. The first kappa shape index (κ1) is 31.0. The SMILES string of the molecule is CC(=O)c1ccc(OCCCN(CCO)CCNc2cc(=O)n(C)c(=O)n2C)c(F)c1.O=C(O)C(=O)O. The summed E-state index contributed by atoms with van der Waals surface area (Å²) in [6, 6.07) is 5.48. The monoisotopic (exact) mass is 526 g/mol. The minimum atomic E-state index is -1.82. The standard InChI is InChI=1S/C21H29FN4O5.C2H2O4/c1-15(28)16-5-6-18(17(22)13-16)31-12-4-8-26(10-11-27)9-7-23-19-14-20(29)25(3)21(30)24(19)2;3-1(4)2(5)6/h5-6,13-14,23,27H,4,7-12H2,1-3H3;(H,3,4)(H,5,6). The summed E-state index contributed by atoms with van der Waals surface area (Å²) in [6.07, 6.45) is 0.596. The third-order valence-corrected chi connectivity index (χ3v) is 5.07. The van der Waals surface area contributed by atoms with Gasteiger partial charge >= 0.3 is 17.6 Å². The molecule has 4 N–H and O–H groups in total. The van der Waals surface area contributed by atoms with Crippen LogP contribution >= 0.6 is 0 Å². The molecule has 14 heteroatoms. The Morgan fingerprint density at radius 2 is 1.68 bits per heavy atom. The first-order chi connectivity index (χ1) is 17.4. The molecule has 2 rings (SSSR count). The van der Waals surface area contributed by atoms with Crippen molar-refractivity contribution in [3.63, 3.8) is 0 Å². The number of ether oxygens (including phenoxy) is 1. The molecule has 1 aromatic carbocycles. The molecule has 0 radical (unpaired) electrons. The van der Waals surface area contributed by atoms with Crippen molar-refractivity contribution in [3.8, 4) is 5.75 Å². The van der Waals surface area contributed by atoms with Crippen molar-refractivity contribution < 1.29 is 38.8 Å². The zero-order valence-electron chi connectivity index (χ0n) is 20.8. The van der Waals surface area contributed by atoms with Crippen LogP contribution in [0.15, 0.2) is 33.9 Å². The van der Waals surface area contributed by atoms with E-state index in [1.54, 1.807) is 7.05 Å². The number of nitrogens with zero attached hydrogens (tertiary/aromatic N) is 3. The highest BCUT2D eigenvalue weighted by Crippen LogP contribution is 2.18. The summed E-state index contributed by atoms with van der Waals surface area (Å²) in [6.45, 7) is 3.69. The van der Waals surface area contributed by atoms with Crippen LogP contribution in [-0.2, 0) is 23.7 Å². The number of aliphatic hydroxyl groups excluding tert-OH is 1. The summed E-state index contributed by atoms with van der Waals surface area (Å²) in [5, 5.41) is 27.1. The van der Waals surface area contributed by atoms with Crippen molar-refractivity contribution in [2.45, 2.75) is 13.3 Å². The smallest absolute Gasteiger partial charge is 0.414 e. The quantitative estimate of drug-likeness (QED) is 0.163. The minimum Gasteiger partial charge on any atom is -0.490 e. The molecule has 204 valence electrons. The molecule has 1 aromatic heterocycles. The predicted molar refractivity (Wildman–Crippen MR) is 131 cm³/mol. The lowest BCUT2D eigenvalue weighted by Crippen LogP contribution is -2.38. The molecule has 1 heterocycles. The summed E-state index contributed by atoms with van der Waals surface area (Å²) >= 11 is 0. The van der Waals surface area contributed by atoms with E-state index in [1.807, 2.05) is 4.90 Å². The summed E-state index contributed by atoms with van der Waals surface area (Å²) in [4.78, 5) is 55.2. The Morgan fingerprint density at radius 3 is 2.22 bits per heavy atom. The second-order valence-electron chi connectivity index (χ2n) is 7.77. The number of aliphatic hydroxyl groups is 1. The number of hydrogen-bond acceptors (Lipinski definition) is 9. The highest BCUT2D eigenvalue weighted by atomic mass is 19.1. The fraction of sp³-hybridized carbons (Fsp3) is 0.435. The van der Waals surface area contributed by atoms with E-state index < -0.39 is 29.0 Å². The number of rotatable bonds is 12. The van der Waals surface area contributed by atoms with E-state index in [2.05, 4.69) is 5.32 Å². The number of benzene rings is 1. The molecule has 2 aromatic rings. The number of carbonyl (C=O) groups excluding carboxylic acids is 1. The third kappa shape index (κ3) is 10.2. The van der Waals surface area contributed by atoms with Crippen LogP contribution in [0.3, 0.4) is 0 Å². The van der Waals surface area contributed by atoms with Crippen molar-refractivity contribution in [3.05, 3.63) is 56.5 Å². The molecule has 0 unspecified atom stereocenters. The molecular weight excluding hydrogens is 495 g/mol. The Bertz CT molecular complexity index is 1200. The summed E-state index contributed by atoms with van der Waals surface area (Å²) in [5.74, 6) is -3.93. The van der Waals surface area contributed by atoms with Crippen LogP contribution in [0, 0.1) is 5.82 Å². The molecule has 37 heavy (non-hydrogen) atoms. The third-order valence-electron chi connectivity index (χ3n) is 5.07. The van der Waals surface area contributed by atoms with Crippen LogP contribution in [0.4, 0.5) is 10.2 Å². The van der Waals surface area contributed by atoms with Gasteiger partial charge in [0, 0.05) is 51.9 Å². The normalized spacial score (nSPS) is 10.4. The van der Waals surface area contributed by atoms with Crippen LogP contribution in [0.1, 0.15) is 23.7 Å². The molecule has 0 fully saturated rings. The van der Waals surface area contributed by atoms with Gasteiger partial charge < -0.3 is 25.4 Å². The van der Waals surface area contributed by atoms with Gasteiger partial charge in [-0.05, 0) is 31.5 Å². The Balaban J connectivity index is 0.00000102. The molecular formula is C23H31FN4O9. The predicted octanol–water partition coefficient (Wildman–Crippen LogP) is -0.243. The minimum absolute atomic E-state index is 0.0215. The van der Waals surface area contributed by atoms with Gasteiger partial charge in [0.2, 0.25) is 0 Å². The van der Waals surface area contributed by atoms with Crippen molar-refractivity contribution >= 4 is 23.5 Å². The van der Waals surface area contributed by atoms with Crippen molar-refractivity contribution in [2.75, 3.05) is 44.7 Å². The second-order valence-corrected chi connectivity index (χ2v) is 7.77. The van der Waals surface area contributed by atoms with Gasteiger partial charge in [-0.3, -0.25) is 23.6 Å². The number of Topliss-reactive ketones (excluding diaryl/α,β-unsaturated/α-hetero) is 1. The van der Waals surface area contributed by atoms with Crippen molar-refractivity contribution in [2.24, 2.45) is 14.1 Å². The van der Waals surface area contributed by atoms with Gasteiger partial charge in [0.1, 0.15) is 5.82 Å². The maximum atomic E-state index is 14.0. The van der Waals surface area contributed by atoms with Gasteiger partial charge in [-0.15, -0.1) is 0 Å². The number of hydrogen-bond donors (Lipinski definition) is 4. The molecule has 0 saturated carbocycles. The van der Waals surface area contributed by atoms with Crippen molar-refractivity contribution in [1.29, 1.82) is 0 Å². The Hall–Kier alpha value is -4.04. The number of nitrogens with one attached hydrogen (secondary N) is 1. The molecule has 0 amide bonds. The molecule has 0 aliphatic carbocycles. The van der Waals surface area contributed by atoms with E-state index in [0.29, 0.717) is 44.0 Å². The number of aromatic nitrogens is 2. The van der Waals surface area contributed by atoms with Gasteiger partial charge in [-0.2, -0.15) is 0 Å². The van der Waals surface area contributed by atoms with E-state index in [4.69, 9.17) is 24.5 Å². The van der Waals surface area contributed by atoms with E-state index >= 15 is 0 Å². The highest BCUT2D eigenvalue weighted by Gasteiger charge is 2.10. The van der Waals surface area contributed by atoms with E-state index in [0.717, 1.165) is 10.6 Å². The molecule has 13 nitrogen and oxygen atoms in total. The lowest BCUT2D eigenvalue weighted by molar-refractivity contribution is -0.159. The lowest BCUT2D eigenvalue weighted by Gasteiger charge is -2.22. The lowest BCUT2D eigenvalue weighted by atomic mass is 10.1. The maximum Gasteiger partial charge on any atom is 0.414 e. The first-order valence-corrected chi connectivity index (χ1v) is 11.1. The largest absolute Gasteiger partial charge is 0.490 e. The van der Waals surface area contributed by atoms with E-state index in [9.17, 15) is 23.9 Å². The van der Waals surface area contributed by atoms with Crippen LogP contribution in [0.2, 0.25) is 0 Å². The van der Waals surface area contributed by atoms with Gasteiger partial charge in [-0.25, -0.2) is 18.8 Å². The zero-order chi connectivity index (χ0) is 28.1. The maximum absolute atomic E-state index is 14.0. The molecule has 0 aliphatic heterocycles. The Morgan fingerprint density at radius 1 is 1.03 bits per heavy atom. The second kappa shape index (κ2) is 15.2. The Labute approximate surface area is 211 Å². The van der Waals surface area contributed by atoms with E-state index in [-0.39, 0.29) is 24.7 Å². The van der Waals surface area contributed by atoms with Crippen LogP contribution < -0.4 is 21.3 Å². The highest BCUT2D eigenvalue weighted by molar-refractivity contribution is 6.27. The van der Waals surface area contributed by atoms with Crippen LogP contribution in [-0.4, -0.2) is 86.5 Å². The number of halogens is 1. The molecule has 0 atom stereocenters. The fourth-order valence-electron chi connectivity index (χ4n) is 3.03. The molecule has 0 saturated heterocycles. The molecule has 0 bridgehead atoms. The van der Waals surface area contributed by atoms with Gasteiger partial charge in [0.25, 0.3) is 5.56 Å². The Kier molecular flexibility index (Phi) is 12.7. The van der Waals surface area contributed by atoms with Crippen LogP contribution in [0.25, 0.3) is 0 Å². The number of anilines is 1. The van der Waals surface area contributed by atoms with Gasteiger partial charge in [0.05, 0.1) is 13.2 Å². The molecule has 0 spiro atoms. The summed E-state index contributed by atoms with van der Waals surface area (Å²) < 4.78 is 21.8. The average molecular weight is 527 g/mol. The summed E-state index contributed by atoms with van der Waals surface area (Å²) in [5.41, 5.74) is -0.512. The topological polar surface area (TPSA) is 180 Å². The van der Waals surface area contributed by atoms with E-state index in [1.165, 1.54) is 36.7 Å². The van der Waals surface area contributed by atoms with Crippen LogP contribution in [0.5, 0.6) is 5.75 Å². The van der Waals surface area contributed by atoms with Crippen molar-refractivity contribution in [1.82, 2.24) is 14.0 Å².